The Morgan fingerprint density at radius 1 is 0.949 bits per heavy atom. The molecule has 0 saturated heterocycles. The largest absolute Gasteiger partial charge is 0.354 e. The van der Waals surface area contributed by atoms with Crippen LogP contribution in [0.15, 0.2) is 77.7 Å². The molecular formula is C28H30Cl2FN3O4S. The Labute approximate surface area is 238 Å². The first-order chi connectivity index (χ1) is 18.4. The van der Waals surface area contributed by atoms with E-state index in [0.717, 1.165) is 16.4 Å². The normalized spacial score (nSPS) is 12.2. The first-order valence-electron chi connectivity index (χ1n) is 12.2. The summed E-state index contributed by atoms with van der Waals surface area (Å²) in [5.41, 5.74) is 0.618. The van der Waals surface area contributed by atoms with Crippen molar-refractivity contribution < 1.29 is 22.4 Å². The smallest absolute Gasteiger partial charge is 0.264 e. The predicted octanol–water partition coefficient (Wildman–Crippen LogP) is 5.52. The van der Waals surface area contributed by atoms with Crippen molar-refractivity contribution in [3.05, 3.63) is 94.2 Å². The average Bonchev–Trinajstić information content (AvgIpc) is 2.90. The van der Waals surface area contributed by atoms with E-state index in [0.29, 0.717) is 22.2 Å². The van der Waals surface area contributed by atoms with E-state index in [1.54, 1.807) is 37.3 Å². The van der Waals surface area contributed by atoms with Crippen LogP contribution in [-0.2, 0) is 26.2 Å². The fourth-order valence-corrected chi connectivity index (χ4v) is 5.63. The number of rotatable bonds is 11. The Balaban J connectivity index is 2.01. The highest BCUT2D eigenvalue weighted by Gasteiger charge is 2.32. The molecule has 0 saturated carbocycles. The molecule has 3 aromatic rings. The van der Waals surface area contributed by atoms with Gasteiger partial charge in [0, 0.05) is 23.1 Å². The van der Waals surface area contributed by atoms with E-state index in [-0.39, 0.29) is 23.0 Å². The van der Waals surface area contributed by atoms with E-state index < -0.39 is 40.2 Å². The number of hydrogen-bond donors (Lipinski definition) is 1. The number of halogens is 3. The third kappa shape index (κ3) is 7.94. The molecule has 3 rings (SSSR count). The number of amides is 2. The molecule has 208 valence electrons. The maximum atomic E-state index is 13.8. The minimum Gasteiger partial charge on any atom is -0.354 e. The quantitative estimate of drug-likeness (QED) is 0.317. The number of sulfonamides is 1. The lowest BCUT2D eigenvalue weighted by Gasteiger charge is -2.32. The molecule has 11 heteroatoms. The molecule has 3 aromatic carbocycles. The summed E-state index contributed by atoms with van der Waals surface area (Å²) in [5, 5.41) is 3.51. The molecule has 39 heavy (non-hydrogen) atoms. The van der Waals surface area contributed by atoms with E-state index in [9.17, 15) is 22.4 Å². The second kappa shape index (κ2) is 13.3. The predicted molar refractivity (Wildman–Crippen MR) is 152 cm³/mol. The standard InChI is InChI=1S/C28H30Cl2FN3O4S/c1-19(2)16-32-28(36)20(3)33(17-21-9-10-22(29)15-26(21)30)27(35)18-34(24-13-11-23(31)12-14-24)39(37,38)25-7-5-4-6-8-25/h4-15,19-20H,16-18H2,1-3H3,(H,32,36)/t20-/m0/s1. The van der Waals surface area contributed by atoms with Gasteiger partial charge in [-0.2, -0.15) is 0 Å². The van der Waals surface area contributed by atoms with Crippen molar-refractivity contribution in [2.75, 3.05) is 17.4 Å². The van der Waals surface area contributed by atoms with Crippen molar-refractivity contribution in [3.63, 3.8) is 0 Å². The summed E-state index contributed by atoms with van der Waals surface area (Å²) in [6.45, 7) is 5.12. The maximum absolute atomic E-state index is 13.8. The van der Waals surface area contributed by atoms with Gasteiger partial charge >= 0.3 is 0 Å². The van der Waals surface area contributed by atoms with Gasteiger partial charge in [0.2, 0.25) is 11.8 Å². The zero-order valence-corrected chi connectivity index (χ0v) is 24.1. The second-order valence-electron chi connectivity index (χ2n) is 9.37. The van der Waals surface area contributed by atoms with Crippen LogP contribution in [0, 0.1) is 11.7 Å². The molecule has 0 spiro atoms. The third-order valence-corrected chi connectivity index (χ3v) is 8.31. The summed E-state index contributed by atoms with van der Waals surface area (Å²) in [5.74, 6) is -1.43. The Hall–Kier alpha value is -3.14. The summed E-state index contributed by atoms with van der Waals surface area (Å²) >= 11 is 12.4. The molecule has 2 amide bonds. The van der Waals surface area contributed by atoms with Crippen LogP contribution >= 0.6 is 23.2 Å². The number of nitrogens with one attached hydrogen (secondary N) is 1. The minimum atomic E-state index is -4.23. The van der Waals surface area contributed by atoms with Crippen LogP contribution in [0.5, 0.6) is 0 Å². The summed E-state index contributed by atoms with van der Waals surface area (Å²) in [6.07, 6.45) is 0. The average molecular weight is 595 g/mol. The van der Waals surface area contributed by atoms with Gasteiger partial charge in [0.15, 0.2) is 0 Å². The Kier molecular flexibility index (Phi) is 10.4. The zero-order valence-electron chi connectivity index (χ0n) is 21.8. The topological polar surface area (TPSA) is 86.8 Å². The van der Waals surface area contributed by atoms with Gasteiger partial charge in [0.05, 0.1) is 10.6 Å². The van der Waals surface area contributed by atoms with Crippen LogP contribution in [0.1, 0.15) is 26.3 Å². The maximum Gasteiger partial charge on any atom is 0.264 e. The highest BCUT2D eigenvalue weighted by molar-refractivity contribution is 7.92. The number of hydrogen-bond acceptors (Lipinski definition) is 4. The first kappa shape index (κ1) is 30.4. The SMILES string of the molecule is CC(C)CNC(=O)[C@H](C)N(Cc1ccc(Cl)cc1Cl)C(=O)CN(c1ccc(F)cc1)S(=O)(=O)c1ccccc1. The fraction of sp³-hybridized carbons (Fsp3) is 0.286. The van der Waals surface area contributed by atoms with Crippen LogP contribution in [0.2, 0.25) is 10.0 Å². The van der Waals surface area contributed by atoms with E-state index in [4.69, 9.17) is 23.2 Å². The van der Waals surface area contributed by atoms with Gasteiger partial charge in [0.25, 0.3) is 10.0 Å². The summed E-state index contributed by atoms with van der Waals surface area (Å²) in [4.78, 5) is 28.1. The van der Waals surface area contributed by atoms with Crippen molar-refractivity contribution in [2.45, 2.75) is 38.3 Å². The van der Waals surface area contributed by atoms with E-state index in [1.807, 2.05) is 13.8 Å². The monoisotopic (exact) mass is 593 g/mol. The van der Waals surface area contributed by atoms with Crippen molar-refractivity contribution >= 4 is 50.7 Å². The zero-order chi connectivity index (χ0) is 28.7. The molecule has 1 atom stereocenters. The summed E-state index contributed by atoms with van der Waals surface area (Å²) in [6, 6.07) is 16.2. The molecule has 0 aliphatic rings. The molecule has 0 fully saturated rings. The van der Waals surface area contributed by atoms with Crippen LogP contribution in [0.3, 0.4) is 0 Å². The lowest BCUT2D eigenvalue weighted by molar-refractivity contribution is -0.139. The van der Waals surface area contributed by atoms with E-state index in [1.165, 1.54) is 35.2 Å². The van der Waals surface area contributed by atoms with Crippen molar-refractivity contribution in [3.8, 4) is 0 Å². The number of carbonyl (C=O) groups is 2. The van der Waals surface area contributed by atoms with Gasteiger partial charge in [-0.1, -0.05) is 61.3 Å². The Morgan fingerprint density at radius 3 is 2.18 bits per heavy atom. The molecular weight excluding hydrogens is 564 g/mol. The van der Waals surface area contributed by atoms with Crippen molar-refractivity contribution in [1.29, 1.82) is 0 Å². The summed E-state index contributed by atoms with van der Waals surface area (Å²) < 4.78 is 41.9. The highest BCUT2D eigenvalue weighted by Crippen LogP contribution is 2.26. The van der Waals surface area contributed by atoms with Crippen LogP contribution in [0.25, 0.3) is 0 Å². The molecule has 0 bridgehead atoms. The lowest BCUT2D eigenvalue weighted by atomic mass is 10.1. The molecule has 0 unspecified atom stereocenters. The van der Waals surface area contributed by atoms with Gasteiger partial charge < -0.3 is 10.2 Å². The van der Waals surface area contributed by atoms with Gasteiger partial charge in [-0.3, -0.25) is 13.9 Å². The Morgan fingerprint density at radius 2 is 1.59 bits per heavy atom. The van der Waals surface area contributed by atoms with Crippen LogP contribution in [-0.4, -0.2) is 44.3 Å². The van der Waals surface area contributed by atoms with Crippen molar-refractivity contribution in [1.82, 2.24) is 10.2 Å². The van der Waals surface area contributed by atoms with Gasteiger partial charge in [-0.15, -0.1) is 0 Å². The molecule has 1 N–H and O–H groups in total. The molecule has 0 heterocycles. The van der Waals surface area contributed by atoms with Gasteiger partial charge in [0.1, 0.15) is 18.4 Å². The van der Waals surface area contributed by atoms with Crippen LogP contribution in [0.4, 0.5) is 10.1 Å². The molecule has 0 aliphatic heterocycles. The minimum absolute atomic E-state index is 0.0443. The first-order valence-corrected chi connectivity index (χ1v) is 14.4. The highest BCUT2D eigenvalue weighted by atomic mass is 35.5. The molecule has 0 aromatic heterocycles. The van der Waals surface area contributed by atoms with E-state index >= 15 is 0 Å². The molecule has 7 nitrogen and oxygen atoms in total. The van der Waals surface area contributed by atoms with Gasteiger partial charge in [-0.05, 0) is 66.9 Å². The summed E-state index contributed by atoms with van der Waals surface area (Å²) in [7, 11) is -4.23. The number of anilines is 1. The van der Waals surface area contributed by atoms with E-state index in [2.05, 4.69) is 5.32 Å². The van der Waals surface area contributed by atoms with Crippen molar-refractivity contribution in [2.24, 2.45) is 5.92 Å². The molecule has 0 aliphatic carbocycles. The molecule has 0 radical (unpaired) electrons. The fourth-order valence-electron chi connectivity index (χ4n) is 3.72. The third-order valence-electron chi connectivity index (χ3n) is 5.93. The van der Waals surface area contributed by atoms with Crippen LogP contribution < -0.4 is 9.62 Å². The van der Waals surface area contributed by atoms with Gasteiger partial charge in [-0.25, -0.2) is 12.8 Å². The number of benzene rings is 3. The number of nitrogens with zero attached hydrogens (tertiary/aromatic N) is 2. The Bertz CT molecular complexity index is 1400. The second-order valence-corrected chi connectivity index (χ2v) is 12.1. The lowest BCUT2D eigenvalue weighted by Crippen LogP contribution is -2.51. The number of carbonyl (C=O) groups excluding carboxylic acids is 2.